The van der Waals surface area contributed by atoms with E-state index < -0.39 is 17.2 Å². The van der Waals surface area contributed by atoms with Crippen molar-refractivity contribution in [1.82, 2.24) is 10.4 Å². The fourth-order valence-corrected chi connectivity index (χ4v) is 4.07. The molecule has 0 aromatic carbocycles. The van der Waals surface area contributed by atoms with Crippen LogP contribution in [0, 0.1) is 6.92 Å². The lowest BCUT2D eigenvalue weighted by molar-refractivity contribution is -0.137. The molecular weight excluding hydrogens is 363 g/mol. The topological polar surface area (TPSA) is 50.9 Å². The highest BCUT2D eigenvalue weighted by Crippen LogP contribution is 2.38. The maximum atomic E-state index is 12.5. The molecule has 9 heteroatoms. The van der Waals surface area contributed by atoms with Gasteiger partial charge in [0, 0.05) is 16.0 Å². The zero-order valence-electron chi connectivity index (χ0n) is 9.58. The monoisotopic (exact) mass is 371 g/mol. The minimum Gasteiger partial charge on any atom is -0.271 e. The number of aryl methyl sites for hydroxylation is 1. The van der Waals surface area contributed by atoms with Gasteiger partial charge in [0.05, 0.1) is 9.83 Å². The van der Waals surface area contributed by atoms with Crippen LogP contribution in [0.2, 0.25) is 0 Å². The molecule has 2 rings (SSSR count). The molecule has 3 nitrogen and oxygen atoms in total. The largest absolute Gasteiger partial charge is 0.443 e. The van der Waals surface area contributed by atoms with Crippen molar-refractivity contribution in [2.45, 2.75) is 19.1 Å². The maximum absolute atomic E-state index is 12.5. The second-order valence-corrected chi connectivity index (χ2v) is 7.23. The van der Waals surface area contributed by atoms with Crippen molar-refractivity contribution in [3.05, 3.63) is 36.4 Å². The molecule has 0 aliphatic heterocycles. The summed E-state index contributed by atoms with van der Waals surface area (Å²) in [5.74, 6) is 5.45. The van der Waals surface area contributed by atoms with Gasteiger partial charge in [-0.25, -0.2) is 10.4 Å². The number of thiazole rings is 1. The minimum atomic E-state index is -4.42. The number of hydrogen-bond acceptors (Lipinski definition) is 5. The number of hydrazine groups is 1. The Morgan fingerprint density at radius 1 is 1.37 bits per heavy atom. The molecule has 0 bridgehead atoms. The van der Waals surface area contributed by atoms with Gasteiger partial charge in [0.1, 0.15) is 0 Å². The SMILES string of the molecule is Cc1cc(C(NN)c2cnc(C(F)(F)F)s2)sc1Br. The summed E-state index contributed by atoms with van der Waals surface area (Å²) in [7, 11) is 0. The number of nitrogens with two attached hydrogens (primary N) is 1. The average Bonchev–Trinajstić information content (AvgIpc) is 2.88. The van der Waals surface area contributed by atoms with E-state index in [-0.39, 0.29) is 0 Å². The van der Waals surface area contributed by atoms with Crippen molar-refractivity contribution in [1.29, 1.82) is 0 Å². The van der Waals surface area contributed by atoms with Gasteiger partial charge in [-0.1, -0.05) is 0 Å². The Bertz CT molecular complexity index is 559. The van der Waals surface area contributed by atoms with Crippen LogP contribution in [0.3, 0.4) is 0 Å². The number of nitrogens with zero attached hydrogens (tertiary/aromatic N) is 1. The van der Waals surface area contributed by atoms with Gasteiger partial charge >= 0.3 is 6.18 Å². The number of aromatic nitrogens is 1. The summed E-state index contributed by atoms with van der Waals surface area (Å²) in [6, 6.07) is 1.40. The summed E-state index contributed by atoms with van der Waals surface area (Å²) in [5.41, 5.74) is 3.55. The third-order valence-electron chi connectivity index (χ3n) is 2.38. The predicted molar refractivity (Wildman–Crippen MR) is 73.0 cm³/mol. The molecule has 104 valence electrons. The zero-order chi connectivity index (χ0) is 14.2. The first-order valence-corrected chi connectivity index (χ1v) is 7.50. The lowest BCUT2D eigenvalue weighted by Gasteiger charge is -2.11. The first kappa shape index (κ1) is 14.9. The van der Waals surface area contributed by atoms with Crippen molar-refractivity contribution in [3.8, 4) is 0 Å². The number of hydrogen-bond donors (Lipinski definition) is 2. The molecule has 2 aromatic rings. The number of rotatable bonds is 3. The van der Waals surface area contributed by atoms with E-state index >= 15 is 0 Å². The van der Waals surface area contributed by atoms with E-state index in [0.717, 1.165) is 14.2 Å². The quantitative estimate of drug-likeness (QED) is 0.636. The van der Waals surface area contributed by atoms with Crippen LogP contribution in [-0.2, 0) is 6.18 Å². The standard InChI is InChI=1S/C10H9BrF3N3S2/c1-4-2-5(18-8(4)11)7(17-15)6-3-16-9(19-6)10(12,13)14/h2-3,7,17H,15H2,1H3. The highest BCUT2D eigenvalue weighted by molar-refractivity contribution is 9.11. The van der Waals surface area contributed by atoms with Crippen molar-refractivity contribution < 1.29 is 13.2 Å². The second-order valence-electron chi connectivity index (χ2n) is 3.77. The average molecular weight is 372 g/mol. The third-order valence-corrected chi connectivity index (χ3v) is 5.69. The molecule has 0 radical (unpaired) electrons. The molecule has 0 aliphatic rings. The molecule has 0 aliphatic carbocycles. The molecule has 19 heavy (non-hydrogen) atoms. The van der Waals surface area contributed by atoms with E-state index in [2.05, 4.69) is 26.3 Å². The lowest BCUT2D eigenvalue weighted by atomic mass is 10.2. The minimum absolute atomic E-state index is 0.434. The summed E-state index contributed by atoms with van der Waals surface area (Å²) in [6.07, 6.45) is -3.21. The number of halogens is 4. The van der Waals surface area contributed by atoms with Crippen LogP contribution in [0.5, 0.6) is 0 Å². The van der Waals surface area contributed by atoms with Gasteiger partial charge in [0.2, 0.25) is 0 Å². The normalized spacial score (nSPS) is 13.8. The molecule has 2 heterocycles. The van der Waals surface area contributed by atoms with E-state index in [1.54, 1.807) is 0 Å². The lowest BCUT2D eigenvalue weighted by Crippen LogP contribution is -2.27. The Kier molecular flexibility index (Phi) is 4.31. The smallest absolute Gasteiger partial charge is 0.271 e. The summed E-state index contributed by atoms with van der Waals surface area (Å²) in [4.78, 5) is 4.67. The first-order chi connectivity index (χ1) is 8.82. The van der Waals surface area contributed by atoms with Crippen LogP contribution < -0.4 is 11.3 Å². The fourth-order valence-electron chi connectivity index (χ4n) is 1.48. The molecule has 2 aromatic heterocycles. The second kappa shape index (κ2) is 5.49. The summed E-state index contributed by atoms with van der Waals surface area (Å²) in [5, 5.41) is -0.866. The summed E-state index contributed by atoms with van der Waals surface area (Å²) in [6.45, 7) is 1.91. The number of thiophene rings is 1. The van der Waals surface area contributed by atoms with Crippen LogP contribution in [0.1, 0.15) is 26.4 Å². The molecule has 1 atom stereocenters. The molecule has 0 saturated heterocycles. The first-order valence-electron chi connectivity index (χ1n) is 5.07. The van der Waals surface area contributed by atoms with E-state index in [1.165, 1.54) is 17.5 Å². The van der Waals surface area contributed by atoms with Crippen LogP contribution in [0.25, 0.3) is 0 Å². The van der Waals surface area contributed by atoms with Crippen LogP contribution in [-0.4, -0.2) is 4.98 Å². The van der Waals surface area contributed by atoms with Crippen molar-refractivity contribution in [3.63, 3.8) is 0 Å². The van der Waals surface area contributed by atoms with Gasteiger partial charge in [0.25, 0.3) is 0 Å². The predicted octanol–water partition coefficient (Wildman–Crippen LogP) is 3.85. The Morgan fingerprint density at radius 3 is 2.47 bits per heavy atom. The zero-order valence-corrected chi connectivity index (χ0v) is 12.8. The van der Waals surface area contributed by atoms with Crippen LogP contribution in [0.4, 0.5) is 13.2 Å². The molecule has 0 saturated carbocycles. The highest BCUT2D eigenvalue weighted by Gasteiger charge is 2.35. The molecular formula is C10H9BrF3N3S2. The van der Waals surface area contributed by atoms with E-state index in [4.69, 9.17) is 5.84 Å². The van der Waals surface area contributed by atoms with E-state index in [1.807, 2.05) is 13.0 Å². The summed E-state index contributed by atoms with van der Waals surface area (Å²) >= 11 is 5.41. The Hall–Kier alpha value is -0.480. The highest BCUT2D eigenvalue weighted by atomic mass is 79.9. The Balaban J connectivity index is 2.35. The van der Waals surface area contributed by atoms with Gasteiger partial charge in [-0.3, -0.25) is 5.84 Å². The molecule has 0 spiro atoms. The molecule has 3 N–H and O–H groups in total. The number of alkyl halides is 3. The maximum Gasteiger partial charge on any atom is 0.443 e. The molecule has 0 amide bonds. The van der Waals surface area contributed by atoms with Crippen LogP contribution >= 0.6 is 38.6 Å². The Morgan fingerprint density at radius 2 is 2.05 bits per heavy atom. The number of nitrogens with one attached hydrogen (secondary N) is 1. The van der Waals surface area contributed by atoms with Crippen LogP contribution in [0.15, 0.2) is 16.0 Å². The van der Waals surface area contributed by atoms with Gasteiger partial charge < -0.3 is 0 Å². The Labute approximate surface area is 123 Å². The van der Waals surface area contributed by atoms with Gasteiger partial charge in [-0.15, -0.1) is 22.7 Å². The fraction of sp³-hybridized carbons (Fsp3) is 0.300. The van der Waals surface area contributed by atoms with Crippen molar-refractivity contribution >= 4 is 38.6 Å². The third kappa shape index (κ3) is 3.16. The van der Waals surface area contributed by atoms with E-state index in [9.17, 15) is 13.2 Å². The van der Waals surface area contributed by atoms with E-state index in [0.29, 0.717) is 16.2 Å². The molecule has 0 fully saturated rings. The van der Waals surface area contributed by atoms with Crippen molar-refractivity contribution in [2.75, 3.05) is 0 Å². The molecule has 1 unspecified atom stereocenters. The van der Waals surface area contributed by atoms with Gasteiger partial charge in [-0.2, -0.15) is 13.2 Å². The van der Waals surface area contributed by atoms with Crippen molar-refractivity contribution in [2.24, 2.45) is 5.84 Å². The summed E-state index contributed by atoms with van der Waals surface area (Å²) < 4.78 is 38.5. The van der Waals surface area contributed by atoms with Gasteiger partial charge in [-0.05, 0) is 34.5 Å². The van der Waals surface area contributed by atoms with Gasteiger partial charge in [0.15, 0.2) is 5.01 Å².